The van der Waals surface area contributed by atoms with Crippen LogP contribution in [0.5, 0.6) is 0 Å². The number of esters is 1. The average molecular weight is 315 g/mol. The summed E-state index contributed by atoms with van der Waals surface area (Å²) in [5.74, 6) is -0.632. The van der Waals surface area contributed by atoms with Crippen LogP contribution in [-0.2, 0) is 9.53 Å². The number of rotatable bonds is 6. The molecule has 1 aromatic rings. The maximum atomic E-state index is 12.7. The highest BCUT2D eigenvalue weighted by atomic mass is 35.5. The summed E-state index contributed by atoms with van der Waals surface area (Å²) in [6, 6.07) is 1.62. The van der Waals surface area contributed by atoms with Crippen molar-refractivity contribution >= 4 is 23.5 Å². The Balaban J connectivity index is 3.04. The molecular weight excluding hydrogens is 292 g/mol. The van der Waals surface area contributed by atoms with Gasteiger partial charge in [0.05, 0.1) is 11.6 Å². The molecule has 0 unspecified atom stereocenters. The predicted molar refractivity (Wildman–Crippen MR) is 82.6 cm³/mol. The fourth-order valence-corrected chi connectivity index (χ4v) is 2.23. The second kappa shape index (κ2) is 7.50. The molecule has 0 aliphatic rings. The van der Waals surface area contributed by atoms with Gasteiger partial charge in [0.2, 0.25) is 0 Å². The third kappa shape index (κ3) is 4.49. The van der Waals surface area contributed by atoms with Crippen molar-refractivity contribution in [2.45, 2.75) is 46.7 Å². The molecule has 1 aromatic heterocycles. The van der Waals surface area contributed by atoms with E-state index in [1.165, 1.54) is 4.90 Å². The van der Waals surface area contributed by atoms with E-state index in [0.29, 0.717) is 17.3 Å². The van der Waals surface area contributed by atoms with Gasteiger partial charge in [0.25, 0.3) is 5.91 Å². The van der Waals surface area contributed by atoms with Crippen molar-refractivity contribution in [3.8, 4) is 0 Å². The molecule has 21 heavy (non-hydrogen) atoms. The average Bonchev–Trinajstić information content (AvgIpc) is 2.77. The standard InChI is InChI=1S/C15H23ClN2O3/c1-6-21-14(19)9-18(11(4)5)15(20)13-7-12(16)8-17(13)10(2)3/h7-8,10-11H,6,9H2,1-5H3. The number of nitrogens with zero attached hydrogens (tertiary/aromatic N) is 2. The molecular formula is C15H23ClN2O3. The summed E-state index contributed by atoms with van der Waals surface area (Å²) in [5.41, 5.74) is 0.480. The van der Waals surface area contributed by atoms with Crippen molar-refractivity contribution in [3.05, 3.63) is 23.0 Å². The maximum Gasteiger partial charge on any atom is 0.325 e. The number of hydrogen-bond acceptors (Lipinski definition) is 3. The van der Waals surface area contributed by atoms with Crippen LogP contribution in [0.15, 0.2) is 12.3 Å². The smallest absolute Gasteiger partial charge is 0.325 e. The summed E-state index contributed by atoms with van der Waals surface area (Å²) in [5, 5.41) is 0.506. The van der Waals surface area contributed by atoms with Crippen molar-refractivity contribution in [2.75, 3.05) is 13.2 Å². The zero-order valence-electron chi connectivity index (χ0n) is 13.2. The number of halogens is 1. The number of carbonyl (C=O) groups is 2. The van der Waals surface area contributed by atoms with E-state index in [0.717, 1.165) is 0 Å². The van der Waals surface area contributed by atoms with Crippen LogP contribution in [0.1, 0.15) is 51.1 Å². The Hall–Kier alpha value is -1.49. The lowest BCUT2D eigenvalue weighted by molar-refractivity contribution is -0.144. The SMILES string of the molecule is CCOC(=O)CN(C(=O)c1cc(Cl)cn1C(C)C)C(C)C. The fourth-order valence-electron chi connectivity index (χ4n) is 2.03. The van der Waals surface area contributed by atoms with Crippen LogP contribution >= 0.6 is 11.6 Å². The lowest BCUT2D eigenvalue weighted by Gasteiger charge is -2.26. The molecule has 0 aromatic carbocycles. The maximum absolute atomic E-state index is 12.7. The summed E-state index contributed by atoms with van der Waals surface area (Å²) < 4.78 is 6.74. The highest BCUT2D eigenvalue weighted by Gasteiger charge is 2.25. The highest BCUT2D eigenvalue weighted by Crippen LogP contribution is 2.21. The summed E-state index contributed by atoms with van der Waals surface area (Å²) >= 11 is 6.01. The van der Waals surface area contributed by atoms with E-state index < -0.39 is 5.97 Å². The number of aromatic nitrogens is 1. The molecule has 0 fully saturated rings. The first-order chi connectivity index (χ1) is 9.77. The van der Waals surface area contributed by atoms with Crippen molar-refractivity contribution in [1.29, 1.82) is 0 Å². The van der Waals surface area contributed by atoms with Gasteiger partial charge in [-0.2, -0.15) is 0 Å². The lowest BCUT2D eigenvalue weighted by Crippen LogP contribution is -2.42. The van der Waals surface area contributed by atoms with Crippen LogP contribution in [-0.4, -0.2) is 40.5 Å². The van der Waals surface area contributed by atoms with E-state index in [1.54, 1.807) is 19.2 Å². The molecule has 0 saturated carbocycles. The minimum Gasteiger partial charge on any atom is -0.465 e. The Kier molecular flexibility index (Phi) is 6.27. The molecule has 1 amide bonds. The van der Waals surface area contributed by atoms with Crippen molar-refractivity contribution in [3.63, 3.8) is 0 Å². The largest absolute Gasteiger partial charge is 0.465 e. The Morgan fingerprint density at radius 2 is 1.95 bits per heavy atom. The van der Waals surface area contributed by atoms with E-state index in [-0.39, 0.29) is 24.5 Å². The van der Waals surface area contributed by atoms with Crippen LogP contribution in [0.25, 0.3) is 0 Å². The van der Waals surface area contributed by atoms with Crippen LogP contribution in [0, 0.1) is 0 Å². The zero-order chi connectivity index (χ0) is 16.2. The molecule has 0 bridgehead atoms. The first-order valence-corrected chi connectivity index (χ1v) is 7.49. The van der Waals surface area contributed by atoms with Crippen LogP contribution in [0.3, 0.4) is 0 Å². The van der Waals surface area contributed by atoms with Gasteiger partial charge in [-0.1, -0.05) is 11.6 Å². The lowest BCUT2D eigenvalue weighted by atomic mass is 10.2. The zero-order valence-corrected chi connectivity index (χ0v) is 14.0. The Bertz CT molecular complexity index is 509. The van der Waals surface area contributed by atoms with Gasteiger partial charge in [0, 0.05) is 18.3 Å². The van der Waals surface area contributed by atoms with Gasteiger partial charge in [-0.3, -0.25) is 9.59 Å². The van der Waals surface area contributed by atoms with Gasteiger partial charge in [-0.15, -0.1) is 0 Å². The third-order valence-corrected chi connectivity index (χ3v) is 3.29. The second-order valence-corrected chi connectivity index (χ2v) is 5.81. The minimum absolute atomic E-state index is 0.0643. The molecule has 0 radical (unpaired) electrons. The molecule has 5 nitrogen and oxygen atoms in total. The Morgan fingerprint density at radius 3 is 2.43 bits per heavy atom. The first kappa shape index (κ1) is 17.6. The first-order valence-electron chi connectivity index (χ1n) is 7.11. The van der Waals surface area contributed by atoms with Gasteiger partial charge in [0.1, 0.15) is 12.2 Å². The molecule has 6 heteroatoms. The predicted octanol–water partition coefficient (Wildman–Crippen LogP) is 3.14. The van der Waals surface area contributed by atoms with Crippen molar-refractivity contribution in [2.24, 2.45) is 0 Å². The van der Waals surface area contributed by atoms with E-state index in [9.17, 15) is 9.59 Å². The quantitative estimate of drug-likeness (QED) is 0.758. The molecule has 0 spiro atoms. The van der Waals surface area contributed by atoms with Gasteiger partial charge >= 0.3 is 5.97 Å². The van der Waals surface area contributed by atoms with Gasteiger partial charge < -0.3 is 14.2 Å². The Labute approximate surface area is 130 Å². The van der Waals surface area contributed by atoms with Crippen LogP contribution in [0.4, 0.5) is 0 Å². The van der Waals surface area contributed by atoms with Gasteiger partial charge in [0.15, 0.2) is 0 Å². The Morgan fingerprint density at radius 1 is 1.33 bits per heavy atom. The number of hydrogen-bond donors (Lipinski definition) is 0. The van der Waals surface area contributed by atoms with Crippen LogP contribution in [0.2, 0.25) is 5.02 Å². The molecule has 0 saturated heterocycles. The molecule has 0 N–H and O–H groups in total. The fraction of sp³-hybridized carbons (Fsp3) is 0.600. The summed E-state index contributed by atoms with van der Waals surface area (Å²) in [6.07, 6.45) is 1.72. The number of ether oxygens (including phenoxy) is 1. The number of amides is 1. The molecule has 1 rings (SSSR count). The third-order valence-electron chi connectivity index (χ3n) is 3.08. The van der Waals surface area contributed by atoms with Crippen molar-refractivity contribution < 1.29 is 14.3 Å². The highest BCUT2D eigenvalue weighted by molar-refractivity contribution is 6.31. The van der Waals surface area contributed by atoms with Gasteiger partial charge in [-0.05, 0) is 40.7 Å². The molecule has 0 aliphatic carbocycles. The normalized spacial score (nSPS) is 11.0. The molecule has 118 valence electrons. The van der Waals surface area contributed by atoms with Gasteiger partial charge in [-0.25, -0.2) is 0 Å². The van der Waals surface area contributed by atoms with Crippen LogP contribution < -0.4 is 0 Å². The summed E-state index contributed by atoms with van der Waals surface area (Å²) in [4.78, 5) is 25.9. The molecule has 0 aliphatic heterocycles. The minimum atomic E-state index is -0.409. The van der Waals surface area contributed by atoms with E-state index in [4.69, 9.17) is 16.3 Å². The summed E-state index contributed by atoms with van der Waals surface area (Å²) in [7, 11) is 0. The second-order valence-electron chi connectivity index (χ2n) is 5.38. The molecule has 0 atom stereocenters. The van der Waals surface area contributed by atoms with E-state index in [1.807, 2.05) is 32.3 Å². The van der Waals surface area contributed by atoms with E-state index in [2.05, 4.69) is 0 Å². The van der Waals surface area contributed by atoms with E-state index >= 15 is 0 Å². The monoisotopic (exact) mass is 314 g/mol. The topological polar surface area (TPSA) is 51.5 Å². The summed E-state index contributed by atoms with van der Waals surface area (Å²) in [6.45, 7) is 9.64. The van der Waals surface area contributed by atoms with Crippen molar-refractivity contribution in [1.82, 2.24) is 9.47 Å². The number of carbonyl (C=O) groups excluding carboxylic acids is 2. The molecule has 1 heterocycles.